The molecule has 22 heavy (non-hydrogen) atoms. The summed E-state index contributed by atoms with van der Waals surface area (Å²) >= 11 is 1.32. The van der Waals surface area contributed by atoms with Crippen molar-refractivity contribution in [3.8, 4) is 0 Å². The minimum atomic E-state index is -0.472. The predicted molar refractivity (Wildman–Crippen MR) is 87.8 cm³/mol. The average Bonchev–Trinajstić information content (AvgIpc) is 2.44. The minimum absolute atomic E-state index is 0.132. The number of rotatable bonds is 6. The van der Waals surface area contributed by atoms with E-state index in [-0.39, 0.29) is 17.6 Å². The first kappa shape index (κ1) is 18.0. The summed E-state index contributed by atoms with van der Waals surface area (Å²) in [6.45, 7) is 5.92. The van der Waals surface area contributed by atoms with Gasteiger partial charge in [-0.1, -0.05) is 13.8 Å². The molecule has 0 spiro atoms. The summed E-state index contributed by atoms with van der Waals surface area (Å²) in [7, 11) is 0. The van der Waals surface area contributed by atoms with Crippen LogP contribution in [0.3, 0.4) is 0 Å². The SMILES string of the molecule is CC(=O)Nc1ccc(SCC(=O)NC(=O)NCC(C)C)cc1. The van der Waals surface area contributed by atoms with Gasteiger partial charge in [0.2, 0.25) is 11.8 Å². The lowest BCUT2D eigenvalue weighted by molar-refractivity contribution is -0.117. The van der Waals surface area contributed by atoms with Crippen molar-refractivity contribution in [3.05, 3.63) is 24.3 Å². The molecule has 0 saturated heterocycles. The van der Waals surface area contributed by atoms with Crippen molar-refractivity contribution in [1.82, 2.24) is 10.6 Å². The van der Waals surface area contributed by atoms with Gasteiger partial charge in [0.1, 0.15) is 0 Å². The van der Waals surface area contributed by atoms with E-state index in [9.17, 15) is 14.4 Å². The maximum Gasteiger partial charge on any atom is 0.321 e. The van der Waals surface area contributed by atoms with Crippen LogP contribution >= 0.6 is 11.8 Å². The summed E-state index contributed by atoms with van der Waals surface area (Å²) in [5.41, 5.74) is 0.703. The standard InChI is InChI=1S/C15H21N3O3S/c1-10(2)8-16-15(21)18-14(20)9-22-13-6-4-12(5-7-13)17-11(3)19/h4-7,10H,8-9H2,1-3H3,(H,17,19)(H2,16,18,20,21). The molecule has 0 bridgehead atoms. The Kier molecular flexibility index (Phi) is 7.45. The molecular formula is C15H21N3O3S. The molecule has 0 aliphatic rings. The summed E-state index contributed by atoms with van der Waals surface area (Å²) in [4.78, 5) is 34.8. The molecule has 0 aliphatic heterocycles. The summed E-state index contributed by atoms with van der Waals surface area (Å²) in [5, 5.41) is 7.56. The Labute approximate surface area is 134 Å². The number of nitrogens with one attached hydrogen (secondary N) is 3. The van der Waals surface area contributed by atoms with Crippen LogP contribution in [0.25, 0.3) is 0 Å². The summed E-state index contributed by atoms with van der Waals surface area (Å²) in [5.74, 6) is -0.00377. The van der Waals surface area contributed by atoms with Crippen LogP contribution in [-0.2, 0) is 9.59 Å². The van der Waals surface area contributed by atoms with Crippen molar-refractivity contribution in [1.29, 1.82) is 0 Å². The lowest BCUT2D eigenvalue weighted by Gasteiger charge is -2.08. The molecule has 1 aromatic carbocycles. The zero-order valence-electron chi connectivity index (χ0n) is 12.9. The Morgan fingerprint density at radius 1 is 1.14 bits per heavy atom. The molecule has 3 N–H and O–H groups in total. The molecule has 0 radical (unpaired) electrons. The van der Waals surface area contributed by atoms with Gasteiger partial charge in [-0.3, -0.25) is 14.9 Å². The number of urea groups is 1. The van der Waals surface area contributed by atoms with Crippen LogP contribution < -0.4 is 16.0 Å². The number of hydrogen-bond acceptors (Lipinski definition) is 4. The molecule has 0 heterocycles. The Bertz CT molecular complexity index is 529. The minimum Gasteiger partial charge on any atom is -0.338 e. The van der Waals surface area contributed by atoms with E-state index in [0.29, 0.717) is 18.2 Å². The highest BCUT2D eigenvalue weighted by molar-refractivity contribution is 8.00. The number of carbonyl (C=O) groups excluding carboxylic acids is 3. The monoisotopic (exact) mass is 323 g/mol. The molecule has 1 rings (SSSR count). The van der Waals surface area contributed by atoms with Crippen molar-refractivity contribution in [2.75, 3.05) is 17.6 Å². The van der Waals surface area contributed by atoms with Gasteiger partial charge in [-0.25, -0.2) is 4.79 Å². The van der Waals surface area contributed by atoms with Gasteiger partial charge in [-0.05, 0) is 30.2 Å². The molecule has 120 valence electrons. The molecule has 7 heteroatoms. The molecule has 0 aromatic heterocycles. The van der Waals surface area contributed by atoms with Crippen LogP contribution in [0.4, 0.5) is 10.5 Å². The third-order valence-electron chi connectivity index (χ3n) is 2.47. The number of anilines is 1. The Hall–Kier alpha value is -2.02. The third-order valence-corrected chi connectivity index (χ3v) is 3.48. The van der Waals surface area contributed by atoms with Crippen LogP contribution in [0, 0.1) is 5.92 Å². The fourth-order valence-corrected chi connectivity index (χ4v) is 2.19. The van der Waals surface area contributed by atoms with E-state index in [0.717, 1.165) is 4.90 Å². The van der Waals surface area contributed by atoms with Crippen molar-refractivity contribution in [3.63, 3.8) is 0 Å². The van der Waals surface area contributed by atoms with Crippen molar-refractivity contribution in [2.45, 2.75) is 25.7 Å². The van der Waals surface area contributed by atoms with Crippen LogP contribution in [-0.4, -0.2) is 30.1 Å². The number of hydrogen-bond donors (Lipinski definition) is 3. The normalized spacial score (nSPS) is 10.2. The molecule has 0 aliphatic carbocycles. The van der Waals surface area contributed by atoms with Gasteiger partial charge in [0.15, 0.2) is 0 Å². The molecule has 0 unspecified atom stereocenters. The summed E-state index contributed by atoms with van der Waals surface area (Å²) in [6.07, 6.45) is 0. The summed E-state index contributed by atoms with van der Waals surface area (Å²) in [6, 6.07) is 6.67. The number of imide groups is 1. The van der Waals surface area contributed by atoms with Crippen molar-refractivity contribution in [2.24, 2.45) is 5.92 Å². The lowest BCUT2D eigenvalue weighted by atomic mass is 10.2. The third kappa shape index (κ3) is 7.68. The Balaban J connectivity index is 2.34. The zero-order valence-corrected chi connectivity index (χ0v) is 13.8. The first-order valence-electron chi connectivity index (χ1n) is 6.95. The van der Waals surface area contributed by atoms with Crippen LogP contribution in [0.2, 0.25) is 0 Å². The smallest absolute Gasteiger partial charge is 0.321 e. The molecule has 0 atom stereocenters. The largest absolute Gasteiger partial charge is 0.338 e. The first-order chi connectivity index (χ1) is 10.4. The maximum atomic E-state index is 11.6. The average molecular weight is 323 g/mol. The second kappa shape index (κ2) is 9.09. The van der Waals surface area contributed by atoms with E-state index in [4.69, 9.17) is 0 Å². The van der Waals surface area contributed by atoms with Crippen molar-refractivity contribution >= 4 is 35.3 Å². The molecule has 4 amide bonds. The summed E-state index contributed by atoms with van der Waals surface area (Å²) < 4.78 is 0. The number of benzene rings is 1. The number of carbonyl (C=O) groups is 3. The lowest BCUT2D eigenvalue weighted by Crippen LogP contribution is -2.41. The van der Waals surface area contributed by atoms with E-state index in [1.807, 2.05) is 26.0 Å². The maximum absolute atomic E-state index is 11.6. The number of thioether (sulfide) groups is 1. The highest BCUT2D eigenvalue weighted by Gasteiger charge is 2.08. The molecule has 1 aromatic rings. The molecule has 0 saturated carbocycles. The zero-order chi connectivity index (χ0) is 16.5. The predicted octanol–water partition coefficient (Wildman–Crippen LogP) is 2.22. The quantitative estimate of drug-likeness (QED) is 0.701. The topological polar surface area (TPSA) is 87.3 Å². The van der Waals surface area contributed by atoms with Crippen molar-refractivity contribution < 1.29 is 14.4 Å². The second-order valence-electron chi connectivity index (χ2n) is 5.15. The van der Waals surface area contributed by atoms with Gasteiger partial charge in [-0.15, -0.1) is 11.8 Å². The van der Waals surface area contributed by atoms with Gasteiger partial charge < -0.3 is 10.6 Å². The second-order valence-corrected chi connectivity index (χ2v) is 6.20. The van der Waals surface area contributed by atoms with E-state index < -0.39 is 6.03 Å². The van der Waals surface area contributed by atoms with Gasteiger partial charge in [0.25, 0.3) is 0 Å². The van der Waals surface area contributed by atoms with Gasteiger partial charge in [-0.2, -0.15) is 0 Å². The Morgan fingerprint density at radius 3 is 2.32 bits per heavy atom. The van der Waals surface area contributed by atoms with Gasteiger partial charge in [0, 0.05) is 24.1 Å². The van der Waals surface area contributed by atoms with Crippen LogP contribution in [0.15, 0.2) is 29.2 Å². The van der Waals surface area contributed by atoms with Crippen LogP contribution in [0.5, 0.6) is 0 Å². The van der Waals surface area contributed by atoms with Gasteiger partial charge >= 0.3 is 6.03 Å². The highest BCUT2D eigenvalue weighted by atomic mass is 32.2. The molecule has 6 nitrogen and oxygen atoms in total. The Morgan fingerprint density at radius 2 is 1.77 bits per heavy atom. The van der Waals surface area contributed by atoms with E-state index in [1.54, 1.807) is 12.1 Å². The van der Waals surface area contributed by atoms with Gasteiger partial charge in [0.05, 0.1) is 5.75 Å². The van der Waals surface area contributed by atoms with E-state index in [2.05, 4.69) is 16.0 Å². The first-order valence-corrected chi connectivity index (χ1v) is 7.93. The fourth-order valence-electron chi connectivity index (χ4n) is 1.49. The molecule has 0 fully saturated rings. The highest BCUT2D eigenvalue weighted by Crippen LogP contribution is 2.20. The fraction of sp³-hybridized carbons (Fsp3) is 0.400. The number of amides is 4. The van der Waals surface area contributed by atoms with Crippen LogP contribution in [0.1, 0.15) is 20.8 Å². The van der Waals surface area contributed by atoms with E-state index in [1.165, 1.54) is 18.7 Å². The molecular weight excluding hydrogens is 302 g/mol. The van der Waals surface area contributed by atoms with E-state index >= 15 is 0 Å².